The van der Waals surface area contributed by atoms with Crippen molar-refractivity contribution < 1.29 is 19.1 Å². The summed E-state index contributed by atoms with van der Waals surface area (Å²) in [4.78, 5) is 27.6. The Hall–Kier alpha value is -2.74. The monoisotopic (exact) mass is 509 g/mol. The van der Waals surface area contributed by atoms with E-state index in [-0.39, 0.29) is 17.8 Å². The van der Waals surface area contributed by atoms with Crippen LogP contribution in [0.5, 0.6) is 0 Å². The molecule has 0 radical (unpaired) electrons. The van der Waals surface area contributed by atoms with E-state index in [1.807, 2.05) is 28.6 Å². The lowest BCUT2D eigenvalue weighted by atomic mass is 9.96. The number of halogens is 1. The third-order valence-corrected chi connectivity index (χ3v) is 7.58. The summed E-state index contributed by atoms with van der Waals surface area (Å²) in [5.41, 5.74) is 3.32. The van der Waals surface area contributed by atoms with Gasteiger partial charge in [-0.3, -0.25) is 14.3 Å². The fourth-order valence-corrected chi connectivity index (χ4v) is 5.29. The van der Waals surface area contributed by atoms with E-state index in [2.05, 4.69) is 6.20 Å². The number of hydrogen-bond acceptors (Lipinski definition) is 5. The Labute approximate surface area is 216 Å². The molecule has 7 nitrogen and oxygen atoms in total. The Morgan fingerprint density at radius 3 is 2.58 bits per heavy atom. The first-order chi connectivity index (χ1) is 17.5. The molecule has 1 atom stereocenters. The van der Waals surface area contributed by atoms with E-state index in [0.29, 0.717) is 49.2 Å². The van der Waals surface area contributed by atoms with Gasteiger partial charge < -0.3 is 14.4 Å². The van der Waals surface area contributed by atoms with Crippen LogP contribution in [-0.4, -0.2) is 65.4 Å². The maximum absolute atomic E-state index is 12.9. The number of amides is 1. The van der Waals surface area contributed by atoms with Crippen molar-refractivity contribution in [3.05, 3.63) is 64.3 Å². The van der Waals surface area contributed by atoms with Gasteiger partial charge in [0.05, 0.1) is 31.4 Å². The first kappa shape index (κ1) is 24.9. The van der Waals surface area contributed by atoms with Crippen molar-refractivity contribution in [2.24, 2.45) is 5.92 Å². The van der Waals surface area contributed by atoms with E-state index in [1.165, 1.54) is 0 Å². The van der Waals surface area contributed by atoms with Gasteiger partial charge in [0.25, 0.3) is 5.91 Å². The van der Waals surface area contributed by atoms with Gasteiger partial charge in [-0.1, -0.05) is 11.6 Å². The zero-order valence-electron chi connectivity index (χ0n) is 20.6. The van der Waals surface area contributed by atoms with E-state index < -0.39 is 0 Å². The van der Waals surface area contributed by atoms with E-state index in [0.717, 1.165) is 54.5 Å². The summed E-state index contributed by atoms with van der Waals surface area (Å²) < 4.78 is 13.1. The largest absolute Gasteiger partial charge is 0.376 e. The highest BCUT2D eigenvalue weighted by atomic mass is 35.5. The zero-order valence-corrected chi connectivity index (χ0v) is 21.4. The predicted octanol–water partition coefficient (Wildman–Crippen LogP) is 4.93. The van der Waals surface area contributed by atoms with Crippen LogP contribution in [0.4, 0.5) is 0 Å². The number of Topliss-reactive ketones (excluding diaryl/α,β-unsaturated/α-hetero) is 1. The minimum Gasteiger partial charge on any atom is -0.376 e. The normalized spacial score (nSPS) is 19.1. The molecule has 2 saturated heterocycles. The maximum Gasteiger partial charge on any atom is 0.253 e. The van der Waals surface area contributed by atoms with Gasteiger partial charge in [0.1, 0.15) is 0 Å². The van der Waals surface area contributed by atoms with Crippen LogP contribution in [0, 0.1) is 12.8 Å². The second-order valence-electron chi connectivity index (χ2n) is 9.79. The third kappa shape index (κ3) is 5.64. The molecule has 2 aliphatic heterocycles. The molecule has 0 bridgehead atoms. The van der Waals surface area contributed by atoms with Crippen molar-refractivity contribution in [1.29, 1.82) is 0 Å². The Morgan fingerprint density at radius 1 is 1.08 bits per heavy atom. The number of rotatable bonds is 7. The highest BCUT2D eigenvalue weighted by molar-refractivity contribution is 6.30. The number of ketones is 1. The van der Waals surface area contributed by atoms with Crippen molar-refractivity contribution in [1.82, 2.24) is 14.7 Å². The first-order valence-electron chi connectivity index (χ1n) is 12.7. The summed E-state index contributed by atoms with van der Waals surface area (Å²) in [5, 5.41) is 6.43. The highest BCUT2D eigenvalue weighted by Gasteiger charge is 2.25. The molecule has 36 heavy (non-hydrogen) atoms. The average Bonchev–Trinajstić information content (AvgIpc) is 3.32. The minimum absolute atomic E-state index is 0.00221. The molecule has 0 aliphatic carbocycles. The number of carbonyl (C=O) groups is 2. The van der Waals surface area contributed by atoms with Crippen molar-refractivity contribution >= 4 is 34.2 Å². The van der Waals surface area contributed by atoms with Crippen molar-refractivity contribution in [2.75, 3.05) is 32.9 Å². The van der Waals surface area contributed by atoms with Crippen molar-refractivity contribution in [3.8, 4) is 0 Å². The topological polar surface area (TPSA) is 73.7 Å². The van der Waals surface area contributed by atoms with Crippen LogP contribution in [0.3, 0.4) is 0 Å². The van der Waals surface area contributed by atoms with E-state index >= 15 is 0 Å². The number of likely N-dealkylation sites (tertiary alicyclic amines) is 1. The number of carbonyl (C=O) groups excluding carboxylic acids is 2. The zero-order chi connectivity index (χ0) is 25.1. The van der Waals surface area contributed by atoms with E-state index in [9.17, 15) is 9.59 Å². The summed E-state index contributed by atoms with van der Waals surface area (Å²) in [5.74, 6) is 0.645. The molecule has 1 aromatic heterocycles. The van der Waals surface area contributed by atoms with Gasteiger partial charge in [0, 0.05) is 53.8 Å². The van der Waals surface area contributed by atoms with Gasteiger partial charge >= 0.3 is 0 Å². The lowest BCUT2D eigenvalue weighted by molar-refractivity contribution is -0.0902. The lowest BCUT2D eigenvalue weighted by Crippen LogP contribution is -2.39. The van der Waals surface area contributed by atoms with Gasteiger partial charge in [0.15, 0.2) is 5.78 Å². The second-order valence-corrected chi connectivity index (χ2v) is 10.2. The number of benzene rings is 2. The predicted molar refractivity (Wildman–Crippen MR) is 139 cm³/mol. The van der Waals surface area contributed by atoms with Crippen LogP contribution in [0.1, 0.15) is 52.0 Å². The molecule has 3 aromatic rings. The fourth-order valence-electron chi connectivity index (χ4n) is 5.16. The van der Waals surface area contributed by atoms with Crippen LogP contribution in [-0.2, 0) is 16.0 Å². The number of nitrogens with zero attached hydrogens (tertiary/aromatic N) is 3. The molecule has 0 spiro atoms. The number of fused-ring (bicyclic) bond motifs is 1. The molecular weight excluding hydrogens is 478 g/mol. The van der Waals surface area contributed by atoms with Crippen LogP contribution in [0.2, 0.25) is 5.02 Å². The highest BCUT2D eigenvalue weighted by Crippen LogP contribution is 2.26. The number of piperidine rings is 1. The summed E-state index contributed by atoms with van der Waals surface area (Å²) in [6.45, 7) is 6.07. The second kappa shape index (κ2) is 11.1. The molecule has 5 rings (SSSR count). The van der Waals surface area contributed by atoms with Crippen LogP contribution < -0.4 is 0 Å². The van der Waals surface area contributed by atoms with Gasteiger partial charge in [-0.15, -0.1) is 0 Å². The first-order valence-corrected chi connectivity index (χ1v) is 13.1. The fraction of sp³-hybridized carbons (Fsp3) is 0.464. The number of aryl methyl sites for hydroxylation is 1. The third-order valence-electron chi connectivity index (χ3n) is 7.32. The summed E-state index contributed by atoms with van der Waals surface area (Å²) >= 11 is 5.95. The molecule has 0 saturated carbocycles. The average molecular weight is 510 g/mol. The SMILES string of the molecule is Cc1c(C(=O)CCC2COCCO2)ccc2nn(CC3CCN(C(=O)c4ccc(Cl)cc4)CC3)cc12. The van der Waals surface area contributed by atoms with Crippen LogP contribution >= 0.6 is 11.6 Å². The number of aromatic nitrogens is 2. The molecule has 0 N–H and O–H groups in total. The standard InChI is InChI=1S/C28H32ClN3O4/c1-19-24(27(33)9-6-23-18-35-14-15-36-23)7-8-26-25(19)17-32(30-26)16-20-10-12-31(13-11-20)28(34)21-2-4-22(29)5-3-21/h2-5,7-8,17,20,23H,6,9-16,18H2,1H3. The van der Waals surface area contributed by atoms with Crippen molar-refractivity contribution in [2.45, 2.75) is 45.3 Å². The number of hydrogen-bond donors (Lipinski definition) is 0. The van der Waals surface area contributed by atoms with Gasteiger partial charge in [-0.05, 0) is 74.1 Å². The Morgan fingerprint density at radius 2 is 1.86 bits per heavy atom. The van der Waals surface area contributed by atoms with Gasteiger partial charge in [-0.2, -0.15) is 5.10 Å². The van der Waals surface area contributed by atoms with E-state index in [1.54, 1.807) is 24.3 Å². The minimum atomic E-state index is 0.00221. The van der Waals surface area contributed by atoms with Gasteiger partial charge in [0.2, 0.25) is 0 Å². The molecule has 190 valence electrons. The smallest absolute Gasteiger partial charge is 0.253 e. The molecular formula is C28H32ClN3O4. The molecule has 8 heteroatoms. The van der Waals surface area contributed by atoms with Crippen LogP contribution in [0.25, 0.3) is 10.9 Å². The molecule has 1 amide bonds. The quantitative estimate of drug-likeness (QED) is 0.422. The molecule has 1 unspecified atom stereocenters. The Kier molecular flexibility index (Phi) is 7.70. The number of ether oxygens (including phenoxy) is 2. The lowest BCUT2D eigenvalue weighted by Gasteiger charge is -2.32. The molecule has 2 aromatic carbocycles. The summed E-state index contributed by atoms with van der Waals surface area (Å²) in [7, 11) is 0. The summed E-state index contributed by atoms with van der Waals surface area (Å²) in [6, 6.07) is 10.9. The van der Waals surface area contributed by atoms with Gasteiger partial charge in [-0.25, -0.2) is 0 Å². The van der Waals surface area contributed by atoms with Crippen molar-refractivity contribution in [3.63, 3.8) is 0 Å². The Balaban J connectivity index is 1.18. The molecule has 2 fully saturated rings. The maximum atomic E-state index is 12.9. The summed E-state index contributed by atoms with van der Waals surface area (Å²) in [6.07, 6.45) is 5.06. The van der Waals surface area contributed by atoms with Crippen LogP contribution in [0.15, 0.2) is 42.6 Å². The van der Waals surface area contributed by atoms with E-state index in [4.69, 9.17) is 26.2 Å². The molecule has 3 heterocycles. The Bertz CT molecular complexity index is 1230. The molecule has 2 aliphatic rings.